The number of aromatic nitrogens is 2. The molecule has 1 fully saturated rings. The van der Waals surface area contributed by atoms with Gasteiger partial charge < -0.3 is 10.6 Å². The van der Waals surface area contributed by atoms with Crippen LogP contribution < -0.4 is 10.6 Å². The second-order valence-corrected chi connectivity index (χ2v) is 6.11. The van der Waals surface area contributed by atoms with Crippen molar-refractivity contribution in [2.24, 2.45) is 4.99 Å². The van der Waals surface area contributed by atoms with E-state index in [4.69, 9.17) is 0 Å². The van der Waals surface area contributed by atoms with E-state index in [-0.39, 0.29) is 41.5 Å². The van der Waals surface area contributed by atoms with E-state index >= 15 is 0 Å². The summed E-state index contributed by atoms with van der Waals surface area (Å²) in [7, 11) is 0. The Balaban J connectivity index is 0.00000243. The molecule has 1 aromatic heterocycles. The zero-order valence-electron chi connectivity index (χ0n) is 14.7. The summed E-state index contributed by atoms with van der Waals surface area (Å²) in [6.45, 7) is 4.18. The summed E-state index contributed by atoms with van der Waals surface area (Å²) in [5, 5.41) is 10.6. The highest BCUT2D eigenvalue weighted by Gasteiger charge is 2.42. The van der Waals surface area contributed by atoms with E-state index in [1.54, 1.807) is 6.20 Å². The molecule has 1 aliphatic carbocycles. The number of nitrogens with zero attached hydrogens (tertiary/aromatic N) is 3. The van der Waals surface area contributed by atoms with E-state index in [0.29, 0.717) is 18.9 Å². The van der Waals surface area contributed by atoms with Crippen LogP contribution in [0.4, 0.5) is 8.78 Å². The third-order valence-electron chi connectivity index (χ3n) is 4.20. The minimum atomic E-state index is -0.476. The second-order valence-electron chi connectivity index (χ2n) is 6.11. The van der Waals surface area contributed by atoms with Crippen molar-refractivity contribution < 1.29 is 8.78 Å². The molecule has 2 atom stereocenters. The molecule has 2 N–H and O–H groups in total. The van der Waals surface area contributed by atoms with Crippen molar-refractivity contribution in [3.63, 3.8) is 0 Å². The lowest BCUT2D eigenvalue weighted by molar-refractivity contribution is 0.553. The number of nitrogens with one attached hydrogen (secondary N) is 2. The van der Waals surface area contributed by atoms with Crippen LogP contribution in [0.2, 0.25) is 0 Å². The maximum absolute atomic E-state index is 13.9. The fourth-order valence-corrected chi connectivity index (χ4v) is 2.89. The van der Waals surface area contributed by atoms with Crippen molar-refractivity contribution >= 4 is 29.9 Å². The van der Waals surface area contributed by atoms with E-state index < -0.39 is 11.6 Å². The average molecular weight is 475 g/mol. The van der Waals surface area contributed by atoms with Gasteiger partial charge in [0.05, 0.1) is 0 Å². The number of aliphatic imine (C=N–C) groups is 1. The molecule has 1 aliphatic rings. The molecule has 2 aromatic rings. The summed E-state index contributed by atoms with van der Waals surface area (Å²) in [6, 6.07) is 5.91. The van der Waals surface area contributed by atoms with Gasteiger partial charge in [-0.2, -0.15) is 5.10 Å². The Morgan fingerprint density at radius 3 is 2.73 bits per heavy atom. The van der Waals surface area contributed by atoms with Gasteiger partial charge in [0.1, 0.15) is 11.6 Å². The predicted molar refractivity (Wildman–Crippen MR) is 109 cm³/mol. The molecule has 5 nitrogen and oxygen atoms in total. The van der Waals surface area contributed by atoms with Crippen molar-refractivity contribution in [1.29, 1.82) is 0 Å². The number of aryl methyl sites for hydroxylation is 1. The zero-order chi connectivity index (χ0) is 17.6. The molecule has 1 aromatic carbocycles. The lowest BCUT2D eigenvalue weighted by Gasteiger charge is -2.12. The minimum Gasteiger partial charge on any atom is -0.357 e. The summed E-state index contributed by atoms with van der Waals surface area (Å²) >= 11 is 0. The summed E-state index contributed by atoms with van der Waals surface area (Å²) in [5.74, 6) is -0.410. The molecule has 8 heteroatoms. The van der Waals surface area contributed by atoms with E-state index in [1.807, 2.05) is 23.9 Å². The van der Waals surface area contributed by atoms with Crippen molar-refractivity contribution in [3.8, 4) is 0 Å². The Morgan fingerprint density at radius 2 is 2.08 bits per heavy atom. The molecule has 26 heavy (non-hydrogen) atoms. The fraction of sp³-hybridized carbons (Fsp3) is 0.444. The first kappa shape index (κ1) is 20.6. The third kappa shape index (κ3) is 5.39. The summed E-state index contributed by atoms with van der Waals surface area (Å²) in [6.07, 6.45) is 5.25. The number of hydrogen-bond acceptors (Lipinski definition) is 2. The first-order chi connectivity index (χ1) is 12.2. The standard InChI is InChI=1S/C18H23F2N5.HI/c1-2-21-18(22-8-4-10-25-11-5-9-23-25)24-16-12-13(16)17-14(19)6-3-7-15(17)20;/h3,5-7,9,11,13,16H,2,4,8,10,12H2,1H3,(H2,21,22,24);1H. The topological polar surface area (TPSA) is 54.2 Å². The van der Waals surface area contributed by atoms with Crippen LogP contribution in [-0.4, -0.2) is 34.9 Å². The van der Waals surface area contributed by atoms with Gasteiger partial charge >= 0.3 is 0 Å². The smallest absolute Gasteiger partial charge is 0.191 e. The Kier molecular flexibility index (Phi) is 7.80. The zero-order valence-corrected chi connectivity index (χ0v) is 17.0. The molecule has 0 amide bonds. The van der Waals surface area contributed by atoms with Gasteiger partial charge in [-0.3, -0.25) is 9.67 Å². The summed E-state index contributed by atoms with van der Waals surface area (Å²) in [5.41, 5.74) is 0.175. The van der Waals surface area contributed by atoms with Gasteiger partial charge in [0.25, 0.3) is 0 Å². The Labute approximate surface area is 169 Å². The Morgan fingerprint density at radius 1 is 1.31 bits per heavy atom. The van der Waals surface area contributed by atoms with Gasteiger partial charge in [-0.25, -0.2) is 8.78 Å². The lowest BCUT2D eigenvalue weighted by atomic mass is 10.1. The van der Waals surface area contributed by atoms with Crippen LogP contribution in [0.3, 0.4) is 0 Å². The highest BCUT2D eigenvalue weighted by atomic mass is 127. The Hall–Kier alpha value is -1.71. The molecule has 2 unspecified atom stereocenters. The monoisotopic (exact) mass is 475 g/mol. The van der Waals surface area contributed by atoms with Crippen LogP contribution in [0, 0.1) is 11.6 Å². The second kappa shape index (κ2) is 9.84. The van der Waals surface area contributed by atoms with Gasteiger partial charge in [-0.1, -0.05) is 6.07 Å². The van der Waals surface area contributed by atoms with E-state index in [1.165, 1.54) is 18.2 Å². The molecule has 3 rings (SSSR count). The maximum Gasteiger partial charge on any atom is 0.191 e. The molecular weight excluding hydrogens is 451 g/mol. The van der Waals surface area contributed by atoms with Crippen LogP contribution in [0.25, 0.3) is 0 Å². The van der Waals surface area contributed by atoms with Gasteiger partial charge in [0.2, 0.25) is 0 Å². The van der Waals surface area contributed by atoms with Crippen LogP contribution in [0.1, 0.15) is 31.2 Å². The maximum atomic E-state index is 13.9. The van der Waals surface area contributed by atoms with E-state index in [9.17, 15) is 8.78 Å². The van der Waals surface area contributed by atoms with Crippen LogP contribution in [-0.2, 0) is 6.54 Å². The van der Waals surface area contributed by atoms with Crippen molar-refractivity contribution in [1.82, 2.24) is 20.4 Å². The van der Waals surface area contributed by atoms with Crippen molar-refractivity contribution in [2.45, 2.75) is 38.3 Å². The molecule has 0 spiro atoms. The molecule has 0 radical (unpaired) electrons. The molecule has 0 saturated heterocycles. The number of hydrogen-bond donors (Lipinski definition) is 2. The SMILES string of the molecule is CCNC(=NCCCn1cccn1)NC1CC1c1c(F)cccc1F.I. The highest BCUT2D eigenvalue weighted by molar-refractivity contribution is 14.0. The number of guanidine groups is 1. The van der Waals surface area contributed by atoms with Crippen LogP contribution in [0.5, 0.6) is 0 Å². The van der Waals surface area contributed by atoms with Gasteiger partial charge in [-0.05, 0) is 38.0 Å². The predicted octanol–water partition coefficient (Wildman–Crippen LogP) is 3.28. The molecule has 0 bridgehead atoms. The minimum absolute atomic E-state index is 0. The van der Waals surface area contributed by atoms with Crippen LogP contribution in [0.15, 0.2) is 41.7 Å². The van der Waals surface area contributed by atoms with Crippen molar-refractivity contribution in [2.75, 3.05) is 13.1 Å². The summed E-state index contributed by atoms with van der Waals surface area (Å²) < 4.78 is 29.6. The summed E-state index contributed by atoms with van der Waals surface area (Å²) in [4.78, 5) is 4.53. The first-order valence-electron chi connectivity index (χ1n) is 8.65. The molecule has 142 valence electrons. The normalized spacial score (nSPS) is 19.0. The van der Waals surface area contributed by atoms with E-state index in [0.717, 1.165) is 19.5 Å². The fourth-order valence-electron chi connectivity index (χ4n) is 2.89. The quantitative estimate of drug-likeness (QED) is 0.280. The van der Waals surface area contributed by atoms with Gasteiger partial charge in [0.15, 0.2) is 5.96 Å². The molecule has 1 heterocycles. The van der Waals surface area contributed by atoms with Gasteiger partial charge in [-0.15, -0.1) is 24.0 Å². The van der Waals surface area contributed by atoms with Gasteiger partial charge in [0, 0.05) is 49.6 Å². The lowest BCUT2D eigenvalue weighted by Crippen LogP contribution is -2.39. The first-order valence-corrected chi connectivity index (χ1v) is 8.65. The van der Waals surface area contributed by atoms with E-state index in [2.05, 4.69) is 20.7 Å². The highest BCUT2D eigenvalue weighted by Crippen LogP contribution is 2.42. The molecule has 0 aliphatic heterocycles. The number of halogens is 3. The Bertz CT molecular complexity index is 700. The average Bonchev–Trinajstić information content (AvgIpc) is 3.12. The van der Waals surface area contributed by atoms with Crippen LogP contribution >= 0.6 is 24.0 Å². The number of benzene rings is 1. The van der Waals surface area contributed by atoms with Crippen molar-refractivity contribution in [3.05, 3.63) is 53.9 Å². The third-order valence-corrected chi connectivity index (χ3v) is 4.20. The number of rotatable bonds is 7. The largest absolute Gasteiger partial charge is 0.357 e. The molecule has 1 saturated carbocycles. The molecular formula is C18H24F2IN5.